The van der Waals surface area contributed by atoms with Gasteiger partial charge in [0.1, 0.15) is 5.82 Å². The number of aromatic carboxylic acids is 1. The number of carbonyl (C=O) groups excluding carboxylic acids is 1. The van der Waals surface area contributed by atoms with Gasteiger partial charge < -0.3 is 15.5 Å². The van der Waals surface area contributed by atoms with Gasteiger partial charge in [0.25, 0.3) is 5.91 Å². The van der Waals surface area contributed by atoms with Crippen molar-refractivity contribution >= 4 is 22.6 Å². The van der Waals surface area contributed by atoms with E-state index in [2.05, 4.69) is 5.32 Å². The molecule has 30 heavy (non-hydrogen) atoms. The van der Waals surface area contributed by atoms with E-state index in [1.807, 2.05) is 24.3 Å². The number of hydrogen-bond acceptors (Lipinski definition) is 3. The summed E-state index contributed by atoms with van der Waals surface area (Å²) in [5.74, 6) is -1.56. The van der Waals surface area contributed by atoms with Crippen molar-refractivity contribution in [3.63, 3.8) is 0 Å². The standard InChI is InChI=1S/C24H22FNO4/c25-17-12-15(11-16(13-17)24(29)30)19-5-6-22(21-4-2-1-3-20(19)21)23(28)26-8-7-14-9-18(27)10-14/h1-6,11-14,18,27H,7-10H2,(H,26,28)(H,29,30). The molecule has 1 aliphatic rings. The molecule has 3 aromatic carbocycles. The number of hydrogen-bond donors (Lipinski definition) is 3. The van der Waals surface area contributed by atoms with Gasteiger partial charge in [-0.2, -0.15) is 0 Å². The zero-order valence-electron chi connectivity index (χ0n) is 16.3. The van der Waals surface area contributed by atoms with Crippen LogP contribution in [0, 0.1) is 11.7 Å². The molecule has 6 heteroatoms. The van der Waals surface area contributed by atoms with Crippen LogP contribution in [0.2, 0.25) is 0 Å². The van der Waals surface area contributed by atoms with Gasteiger partial charge in [-0.15, -0.1) is 0 Å². The highest BCUT2D eigenvalue weighted by molar-refractivity contribution is 6.11. The summed E-state index contributed by atoms with van der Waals surface area (Å²) < 4.78 is 14.0. The van der Waals surface area contributed by atoms with Crippen LogP contribution in [0.3, 0.4) is 0 Å². The molecule has 0 aromatic heterocycles. The van der Waals surface area contributed by atoms with Crippen LogP contribution in [0.5, 0.6) is 0 Å². The molecule has 0 saturated heterocycles. The first-order valence-electron chi connectivity index (χ1n) is 9.94. The van der Waals surface area contributed by atoms with Crippen LogP contribution in [0.15, 0.2) is 54.6 Å². The molecule has 0 aliphatic heterocycles. The molecule has 1 amide bonds. The first-order chi connectivity index (χ1) is 14.4. The smallest absolute Gasteiger partial charge is 0.335 e. The predicted octanol–water partition coefficient (Wildman–Crippen LogP) is 4.23. The second-order valence-corrected chi connectivity index (χ2v) is 7.78. The zero-order valence-corrected chi connectivity index (χ0v) is 16.3. The van der Waals surface area contributed by atoms with Crippen LogP contribution in [-0.4, -0.2) is 34.7 Å². The van der Waals surface area contributed by atoms with Gasteiger partial charge >= 0.3 is 5.97 Å². The zero-order chi connectivity index (χ0) is 21.3. The molecule has 0 radical (unpaired) electrons. The van der Waals surface area contributed by atoms with Crippen molar-refractivity contribution in [1.82, 2.24) is 5.32 Å². The van der Waals surface area contributed by atoms with Crippen molar-refractivity contribution in [1.29, 1.82) is 0 Å². The monoisotopic (exact) mass is 407 g/mol. The lowest BCUT2D eigenvalue weighted by Crippen LogP contribution is -2.32. The van der Waals surface area contributed by atoms with Crippen LogP contribution in [-0.2, 0) is 0 Å². The Morgan fingerprint density at radius 2 is 1.77 bits per heavy atom. The number of halogens is 1. The van der Waals surface area contributed by atoms with Gasteiger partial charge in [0, 0.05) is 12.1 Å². The average molecular weight is 407 g/mol. The van der Waals surface area contributed by atoms with E-state index in [1.165, 1.54) is 12.1 Å². The van der Waals surface area contributed by atoms with E-state index in [1.54, 1.807) is 12.1 Å². The molecule has 0 heterocycles. The van der Waals surface area contributed by atoms with E-state index in [0.717, 1.165) is 30.7 Å². The fraction of sp³-hybridized carbons (Fsp3) is 0.250. The fourth-order valence-corrected chi connectivity index (χ4v) is 4.04. The summed E-state index contributed by atoms with van der Waals surface area (Å²) in [5, 5.41) is 23.0. The van der Waals surface area contributed by atoms with Crippen LogP contribution < -0.4 is 5.32 Å². The number of nitrogens with one attached hydrogen (secondary N) is 1. The lowest BCUT2D eigenvalue weighted by Gasteiger charge is -2.31. The lowest BCUT2D eigenvalue weighted by molar-refractivity contribution is 0.0393. The third-order valence-electron chi connectivity index (χ3n) is 5.67. The third-order valence-corrected chi connectivity index (χ3v) is 5.67. The Balaban J connectivity index is 1.63. The van der Waals surface area contributed by atoms with Crippen LogP contribution in [0.1, 0.15) is 40.0 Å². The molecule has 1 saturated carbocycles. The molecule has 0 atom stereocenters. The van der Waals surface area contributed by atoms with Gasteiger partial charge in [-0.25, -0.2) is 9.18 Å². The van der Waals surface area contributed by atoms with Crippen molar-refractivity contribution in [3.8, 4) is 11.1 Å². The molecular formula is C24H22FNO4. The summed E-state index contributed by atoms with van der Waals surface area (Å²) in [6.45, 7) is 0.540. The Kier molecular flexibility index (Phi) is 5.50. The maximum absolute atomic E-state index is 14.0. The van der Waals surface area contributed by atoms with Crippen molar-refractivity contribution in [2.45, 2.75) is 25.4 Å². The van der Waals surface area contributed by atoms with Crippen LogP contribution in [0.25, 0.3) is 21.9 Å². The van der Waals surface area contributed by atoms with E-state index >= 15 is 0 Å². The number of benzene rings is 3. The van der Waals surface area contributed by atoms with Gasteiger partial charge in [0.05, 0.1) is 11.7 Å². The summed E-state index contributed by atoms with van der Waals surface area (Å²) >= 11 is 0. The van der Waals surface area contributed by atoms with E-state index in [4.69, 9.17) is 0 Å². The average Bonchev–Trinajstić information content (AvgIpc) is 2.71. The Morgan fingerprint density at radius 1 is 1.03 bits per heavy atom. The van der Waals surface area contributed by atoms with E-state index in [9.17, 15) is 24.2 Å². The van der Waals surface area contributed by atoms with E-state index in [0.29, 0.717) is 34.5 Å². The maximum atomic E-state index is 14.0. The molecule has 1 aliphatic carbocycles. The highest BCUT2D eigenvalue weighted by atomic mass is 19.1. The molecule has 5 nitrogen and oxygen atoms in total. The number of amides is 1. The number of carboxylic acids is 1. The van der Waals surface area contributed by atoms with Crippen molar-refractivity contribution in [3.05, 3.63) is 71.5 Å². The second kappa shape index (κ2) is 8.24. The first kappa shape index (κ1) is 20.0. The van der Waals surface area contributed by atoms with Gasteiger partial charge in [0.15, 0.2) is 0 Å². The Hall–Kier alpha value is -3.25. The Bertz CT molecular complexity index is 1120. The fourth-order valence-electron chi connectivity index (χ4n) is 4.04. The number of fused-ring (bicyclic) bond motifs is 1. The summed E-state index contributed by atoms with van der Waals surface area (Å²) in [7, 11) is 0. The van der Waals surface area contributed by atoms with Gasteiger partial charge in [-0.3, -0.25) is 4.79 Å². The molecule has 3 N–H and O–H groups in total. The van der Waals surface area contributed by atoms with Crippen molar-refractivity contribution in [2.75, 3.05) is 6.54 Å². The van der Waals surface area contributed by atoms with Gasteiger partial charge in [-0.05, 0) is 71.3 Å². The number of rotatable bonds is 6. The summed E-state index contributed by atoms with van der Waals surface area (Å²) in [6.07, 6.45) is 2.21. The molecule has 0 spiro atoms. The van der Waals surface area contributed by atoms with Gasteiger partial charge in [0.2, 0.25) is 0 Å². The minimum absolute atomic E-state index is 0.128. The molecule has 0 bridgehead atoms. The minimum atomic E-state index is -1.20. The Labute approximate surface area is 173 Å². The van der Waals surface area contributed by atoms with Crippen LogP contribution in [0.4, 0.5) is 4.39 Å². The second-order valence-electron chi connectivity index (χ2n) is 7.78. The van der Waals surface area contributed by atoms with E-state index in [-0.39, 0.29) is 17.6 Å². The molecule has 154 valence electrons. The molecular weight excluding hydrogens is 385 g/mol. The maximum Gasteiger partial charge on any atom is 0.335 e. The summed E-state index contributed by atoms with van der Waals surface area (Å²) in [6, 6.07) is 14.4. The number of carboxylic acid groups (broad SMARTS) is 1. The van der Waals surface area contributed by atoms with Gasteiger partial charge in [-0.1, -0.05) is 30.3 Å². The highest BCUT2D eigenvalue weighted by Crippen LogP contribution is 2.32. The summed E-state index contributed by atoms with van der Waals surface area (Å²) in [5.41, 5.74) is 1.49. The van der Waals surface area contributed by atoms with Crippen LogP contribution >= 0.6 is 0 Å². The lowest BCUT2D eigenvalue weighted by atomic mass is 9.80. The number of aliphatic hydroxyl groups excluding tert-OH is 1. The molecule has 3 aromatic rings. The highest BCUT2D eigenvalue weighted by Gasteiger charge is 2.26. The summed E-state index contributed by atoms with van der Waals surface area (Å²) in [4.78, 5) is 24.1. The first-order valence-corrected chi connectivity index (χ1v) is 9.94. The number of carbonyl (C=O) groups is 2. The van der Waals surface area contributed by atoms with Crippen molar-refractivity contribution in [2.24, 2.45) is 5.92 Å². The van der Waals surface area contributed by atoms with E-state index < -0.39 is 11.8 Å². The molecule has 0 unspecified atom stereocenters. The topological polar surface area (TPSA) is 86.6 Å². The minimum Gasteiger partial charge on any atom is -0.478 e. The van der Waals surface area contributed by atoms with Crippen molar-refractivity contribution < 1.29 is 24.2 Å². The molecule has 4 rings (SSSR count). The third kappa shape index (κ3) is 4.04. The Morgan fingerprint density at radius 3 is 2.47 bits per heavy atom. The molecule has 1 fully saturated rings. The predicted molar refractivity (Wildman–Crippen MR) is 112 cm³/mol. The SMILES string of the molecule is O=C(O)c1cc(F)cc(-c2ccc(C(=O)NCCC3CC(O)C3)c3ccccc23)c1. The quantitative estimate of drug-likeness (QED) is 0.571. The number of aliphatic hydroxyl groups is 1. The largest absolute Gasteiger partial charge is 0.478 e. The normalized spacial score (nSPS) is 18.1.